The van der Waals surface area contributed by atoms with E-state index in [1.54, 1.807) is 11.9 Å². The summed E-state index contributed by atoms with van der Waals surface area (Å²) in [6.07, 6.45) is 2.18. The molecule has 1 aliphatic rings. The summed E-state index contributed by atoms with van der Waals surface area (Å²) < 4.78 is 0. The van der Waals surface area contributed by atoms with Gasteiger partial charge in [0.1, 0.15) is 0 Å². The Morgan fingerprint density at radius 1 is 1.56 bits per heavy atom. The minimum absolute atomic E-state index is 0.0639. The maximum absolute atomic E-state index is 12.0. The summed E-state index contributed by atoms with van der Waals surface area (Å²) in [6.45, 7) is 6.28. The molecule has 4 nitrogen and oxygen atoms in total. The number of amides is 2. The highest BCUT2D eigenvalue weighted by Gasteiger charge is 2.23. The molecule has 1 fully saturated rings. The first-order valence-corrected chi connectivity index (χ1v) is 5.94. The molecule has 0 spiro atoms. The van der Waals surface area contributed by atoms with Crippen molar-refractivity contribution < 1.29 is 4.79 Å². The summed E-state index contributed by atoms with van der Waals surface area (Å²) in [5.74, 6) is 0.630. The molecule has 16 heavy (non-hydrogen) atoms. The van der Waals surface area contributed by atoms with Crippen molar-refractivity contribution in [2.45, 2.75) is 26.7 Å². The van der Waals surface area contributed by atoms with Crippen LogP contribution in [-0.4, -0.2) is 42.5 Å². The first-order chi connectivity index (χ1) is 7.54. The molecule has 0 N–H and O–H groups in total. The topological polar surface area (TPSA) is 47.3 Å². The molecule has 2 amide bonds. The van der Waals surface area contributed by atoms with E-state index < -0.39 is 0 Å². The summed E-state index contributed by atoms with van der Waals surface area (Å²) in [5, 5.41) is 8.71. The molecular formula is C12H21N3O. The molecule has 1 unspecified atom stereocenters. The van der Waals surface area contributed by atoms with E-state index >= 15 is 0 Å². The first kappa shape index (κ1) is 12.8. The fraction of sp³-hybridized carbons (Fsp3) is 0.833. The van der Waals surface area contributed by atoms with E-state index in [0.717, 1.165) is 31.8 Å². The Balaban J connectivity index is 2.42. The lowest BCUT2D eigenvalue weighted by Gasteiger charge is -2.33. The van der Waals surface area contributed by atoms with Gasteiger partial charge in [-0.2, -0.15) is 5.26 Å². The Kier molecular flexibility index (Phi) is 4.60. The van der Waals surface area contributed by atoms with Gasteiger partial charge in [0.05, 0.1) is 12.0 Å². The number of hydrogen-bond acceptors (Lipinski definition) is 2. The van der Waals surface area contributed by atoms with E-state index in [-0.39, 0.29) is 11.9 Å². The molecule has 4 heteroatoms. The van der Waals surface area contributed by atoms with E-state index in [2.05, 4.69) is 13.0 Å². The number of nitrogens with zero attached hydrogens (tertiary/aromatic N) is 3. The molecule has 1 heterocycles. The SMILES string of the molecule is CC(C#N)CN(C)C(=O)N1CCC(C)CC1. The summed E-state index contributed by atoms with van der Waals surface area (Å²) >= 11 is 0. The minimum atomic E-state index is -0.0994. The molecule has 0 aromatic rings. The highest BCUT2D eigenvalue weighted by atomic mass is 16.2. The molecular weight excluding hydrogens is 202 g/mol. The summed E-state index contributed by atoms with van der Waals surface area (Å²) in [7, 11) is 1.77. The number of carbonyl (C=O) groups excluding carboxylic acids is 1. The third-order valence-corrected chi connectivity index (χ3v) is 3.15. The van der Waals surface area contributed by atoms with Crippen molar-refractivity contribution in [3.63, 3.8) is 0 Å². The number of likely N-dealkylation sites (tertiary alicyclic amines) is 1. The van der Waals surface area contributed by atoms with Crippen LogP contribution in [-0.2, 0) is 0 Å². The summed E-state index contributed by atoms with van der Waals surface area (Å²) in [4.78, 5) is 15.5. The molecule has 0 aromatic heterocycles. The van der Waals surface area contributed by atoms with Gasteiger partial charge in [-0.15, -0.1) is 0 Å². The Labute approximate surface area is 97.8 Å². The zero-order valence-electron chi connectivity index (χ0n) is 10.4. The lowest BCUT2D eigenvalue weighted by atomic mass is 9.99. The van der Waals surface area contributed by atoms with Gasteiger partial charge in [-0.05, 0) is 25.7 Å². The quantitative estimate of drug-likeness (QED) is 0.718. The third-order valence-electron chi connectivity index (χ3n) is 3.15. The predicted octanol–water partition coefficient (Wildman–Crippen LogP) is 1.93. The van der Waals surface area contributed by atoms with Crippen LogP contribution in [0.1, 0.15) is 26.7 Å². The Bertz CT molecular complexity index is 276. The van der Waals surface area contributed by atoms with Crippen LogP contribution < -0.4 is 0 Å². The molecule has 90 valence electrons. The molecule has 1 aliphatic heterocycles. The molecule has 1 atom stereocenters. The van der Waals surface area contributed by atoms with Crippen LogP contribution in [0.5, 0.6) is 0 Å². The Morgan fingerprint density at radius 2 is 2.12 bits per heavy atom. The largest absolute Gasteiger partial charge is 0.326 e. The van der Waals surface area contributed by atoms with E-state index in [4.69, 9.17) is 5.26 Å². The van der Waals surface area contributed by atoms with Crippen molar-refractivity contribution in [3.8, 4) is 6.07 Å². The van der Waals surface area contributed by atoms with Crippen molar-refractivity contribution in [1.82, 2.24) is 9.80 Å². The number of rotatable bonds is 2. The van der Waals surface area contributed by atoms with E-state index in [0.29, 0.717) is 6.54 Å². The molecule has 0 radical (unpaired) electrons. The van der Waals surface area contributed by atoms with Gasteiger partial charge in [-0.3, -0.25) is 0 Å². The van der Waals surface area contributed by atoms with E-state index in [9.17, 15) is 4.79 Å². The predicted molar refractivity (Wildman–Crippen MR) is 62.8 cm³/mol. The Hall–Kier alpha value is -1.24. The van der Waals surface area contributed by atoms with Crippen LogP contribution in [0.2, 0.25) is 0 Å². The first-order valence-electron chi connectivity index (χ1n) is 5.94. The summed E-state index contributed by atoms with van der Waals surface area (Å²) in [5.41, 5.74) is 0. The molecule has 0 bridgehead atoms. The van der Waals surface area contributed by atoms with Crippen LogP contribution in [0, 0.1) is 23.2 Å². The van der Waals surface area contributed by atoms with Crippen molar-refractivity contribution in [2.75, 3.05) is 26.7 Å². The van der Waals surface area contributed by atoms with Gasteiger partial charge in [-0.25, -0.2) is 4.79 Å². The van der Waals surface area contributed by atoms with Gasteiger partial charge in [0.2, 0.25) is 0 Å². The second-order valence-corrected chi connectivity index (χ2v) is 4.86. The van der Waals surface area contributed by atoms with Gasteiger partial charge >= 0.3 is 6.03 Å². The van der Waals surface area contributed by atoms with Crippen molar-refractivity contribution >= 4 is 6.03 Å². The Morgan fingerprint density at radius 3 is 2.62 bits per heavy atom. The normalized spacial score (nSPS) is 19.0. The number of nitriles is 1. The lowest BCUT2D eigenvalue weighted by molar-refractivity contribution is 0.141. The van der Waals surface area contributed by atoms with Gasteiger partial charge in [0.25, 0.3) is 0 Å². The van der Waals surface area contributed by atoms with Gasteiger partial charge in [0.15, 0.2) is 0 Å². The molecule has 1 rings (SSSR count). The zero-order valence-corrected chi connectivity index (χ0v) is 10.4. The van der Waals surface area contributed by atoms with Gasteiger partial charge < -0.3 is 9.80 Å². The second-order valence-electron chi connectivity index (χ2n) is 4.86. The maximum Gasteiger partial charge on any atom is 0.319 e. The third kappa shape index (κ3) is 3.41. The molecule has 0 aliphatic carbocycles. The summed E-state index contributed by atoms with van der Waals surface area (Å²) in [6, 6.07) is 2.21. The zero-order chi connectivity index (χ0) is 12.1. The monoisotopic (exact) mass is 223 g/mol. The fourth-order valence-corrected chi connectivity index (χ4v) is 1.97. The van der Waals surface area contributed by atoms with E-state index in [1.807, 2.05) is 11.8 Å². The lowest BCUT2D eigenvalue weighted by Crippen LogP contribution is -2.46. The van der Waals surface area contributed by atoms with Crippen molar-refractivity contribution in [3.05, 3.63) is 0 Å². The number of piperidine rings is 1. The average Bonchev–Trinajstić information content (AvgIpc) is 2.28. The second kappa shape index (κ2) is 5.74. The minimum Gasteiger partial charge on any atom is -0.326 e. The van der Waals surface area contributed by atoms with Crippen LogP contribution in [0.3, 0.4) is 0 Å². The van der Waals surface area contributed by atoms with Gasteiger partial charge in [0, 0.05) is 26.7 Å². The van der Waals surface area contributed by atoms with E-state index in [1.165, 1.54) is 0 Å². The highest BCUT2D eigenvalue weighted by molar-refractivity contribution is 5.74. The average molecular weight is 223 g/mol. The number of urea groups is 1. The van der Waals surface area contributed by atoms with Crippen LogP contribution in [0.25, 0.3) is 0 Å². The van der Waals surface area contributed by atoms with Gasteiger partial charge in [-0.1, -0.05) is 6.92 Å². The van der Waals surface area contributed by atoms with Crippen molar-refractivity contribution in [2.24, 2.45) is 11.8 Å². The molecule has 1 saturated heterocycles. The number of carbonyl (C=O) groups is 1. The van der Waals surface area contributed by atoms with Crippen LogP contribution >= 0.6 is 0 Å². The van der Waals surface area contributed by atoms with Crippen LogP contribution in [0.4, 0.5) is 4.79 Å². The van der Waals surface area contributed by atoms with Crippen LogP contribution in [0.15, 0.2) is 0 Å². The maximum atomic E-state index is 12.0. The molecule has 0 saturated carbocycles. The standard InChI is InChI=1S/C12H21N3O/c1-10-4-6-15(7-5-10)12(16)14(3)9-11(2)8-13/h10-11H,4-7,9H2,1-3H3. The molecule has 0 aromatic carbocycles. The smallest absolute Gasteiger partial charge is 0.319 e. The number of hydrogen-bond donors (Lipinski definition) is 0. The fourth-order valence-electron chi connectivity index (χ4n) is 1.97. The van der Waals surface area contributed by atoms with Crippen molar-refractivity contribution in [1.29, 1.82) is 5.26 Å². The highest BCUT2D eigenvalue weighted by Crippen LogP contribution is 2.17.